The van der Waals surface area contributed by atoms with E-state index < -0.39 is 11.9 Å². The van der Waals surface area contributed by atoms with E-state index in [0.717, 1.165) is 5.56 Å². The molecule has 124 valence electrons. The van der Waals surface area contributed by atoms with E-state index in [-0.39, 0.29) is 29.1 Å². The number of aliphatic carboxylic acids is 1. The zero-order chi connectivity index (χ0) is 17.1. The summed E-state index contributed by atoms with van der Waals surface area (Å²) in [4.78, 5) is 33.5. The molecule has 0 radical (unpaired) electrons. The minimum atomic E-state index is -0.901. The van der Waals surface area contributed by atoms with Crippen LogP contribution < -0.4 is 0 Å². The molecule has 1 amide bonds. The number of likely N-dealkylation sites (tertiary alicyclic amines) is 1. The minimum absolute atomic E-state index is 0.0365. The van der Waals surface area contributed by atoms with Crippen molar-refractivity contribution in [1.82, 2.24) is 14.9 Å². The fraction of sp³-hybridized carbons (Fsp3) is 0.294. The average Bonchev–Trinajstić information content (AvgIpc) is 2.62. The first-order valence-electron chi connectivity index (χ1n) is 7.58. The summed E-state index contributed by atoms with van der Waals surface area (Å²) in [5.41, 5.74) is 1.12. The largest absolute Gasteiger partial charge is 0.481 e. The monoisotopic (exact) mass is 345 g/mol. The maximum Gasteiger partial charge on any atom is 0.308 e. The van der Waals surface area contributed by atoms with Gasteiger partial charge in [0.15, 0.2) is 0 Å². The Bertz CT molecular complexity index is 754. The molecule has 0 unspecified atom stereocenters. The highest BCUT2D eigenvalue weighted by atomic mass is 35.5. The van der Waals surface area contributed by atoms with Gasteiger partial charge in [-0.15, -0.1) is 0 Å². The first kappa shape index (κ1) is 16.4. The van der Waals surface area contributed by atoms with E-state index in [1.54, 1.807) is 0 Å². The molecule has 1 aliphatic heterocycles. The molecule has 2 heterocycles. The van der Waals surface area contributed by atoms with Crippen molar-refractivity contribution in [2.75, 3.05) is 13.1 Å². The standard InChI is InChI=1S/C17H16ClN3O3/c18-14-7-19-10-20-15(14)16(22)21-8-12(6-13(9-21)17(23)24)11-4-2-1-3-5-11/h1-5,7,10,12-13H,6,8-9H2,(H,23,24)/t12-,13+/m0/s1. The van der Waals surface area contributed by atoms with Gasteiger partial charge in [0.05, 0.1) is 10.9 Å². The number of halogens is 1. The van der Waals surface area contributed by atoms with Crippen LogP contribution in [0.15, 0.2) is 42.9 Å². The third-order valence-electron chi connectivity index (χ3n) is 4.23. The van der Waals surface area contributed by atoms with Crippen LogP contribution in [0.1, 0.15) is 28.4 Å². The van der Waals surface area contributed by atoms with E-state index in [2.05, 4.69) is 9.97 Å². The van der Waals surface area contributed by atoms with Crippen molar-refractivity contribution in [3.05, 3.63) is 59.1 Å². The van der Waals surface area contributed by atoms with E-state index in [0.29, 0.717) is 13.0 Å². The Hall–Kier alpha value is -2.47. The zero-order valence-electron chi connectivity index (χ0n) is 12.8. The molecule has 2 aromatic rings. The van der Waals surface area contributed by atoms with Gasteiger partial charge in [0.2, 0.25) is 0 Å². The number of carbonyl (C=O) groups is 2. The summed E-state index contributed by atoms with van der Waals surface area (Å²) in [7, 11) is 0. The molecule has 24 heavy (non-hydrogen) atoms. The second-order valence-electron chi connectivity index (χ2n) is 5.81. The highest BCUT2D eigenvalue weighted by Crippen LogP contribution is 2.31. The Balaban J connectivity index is 1.88. The summed E-state index contributed by atoms with van der Waals surface area (Å²) in [6.45, 7) is 0.588. The number of hydrogen-bond donors (Lipinski definition) is 1. The van der Waals surface area contributed by atoms with Crippen molar-refractivity contribution in [3.8, 4) is 0 Å². The van der Waals surface area contributed by atoms with E-state index >= 15 is 0 Å². The molecular weight excluding hydrogens is 330 g/mol. The van der Waals surface area contributed by atoms with E-state index in [1.807, 2.05) is 30.3 Å². The molecule has 1 aromatic carbocycles. The van der Waals surface area contributed by atoms with Gasteiger partial charge in [-0.25, -0.2) is 9.97 Å². The fourth-order valence-corrected chi connectivity index (χ4v) is 3.22. The van der Waals surface area contributed by atoms with Crippen LogP contribution >= 0.6 is 11.6 Å². The van der Waals surface area contributed by atoms with Gasteiger partial charge in [-0.2, -0.15) is 0 Å². The predicted molar refractivity (Wildman–Crippen MR) is 87.9 cm³/mol. The summed E-state index contributed by atoms with van der Waals surface area (Å²) in [6.07, 6.45) is 3.11. The second-order valence-corrected chi connectivity index (χ2v) is 6.22. The van der Waals surface area contributed by atoms with Crippen molar-refractivity contribution in [3.63, 3.8) is 0 Å². The maximum atomic E-state index is 12.7. The Morgan fingerprint density at radius 3 is 2.62 bits per heavy atom. The number of carbonyl (C=O) groups excluding carboxylic acids is 1. The Labute approximate surface area is 144 Å². The van der Waals surface area contributed by atoms with Crippen LogP contribution in [0, 0.1) is 5.92 Å². The Kier molecular flexibility index (Phi) is 4.76. The molecule has 1 N–H and O–H groups in total. The lowest BCUT2D eigenvalue weighted by atomic mass is 9.84. The zero-order valence-corrected chi connectivity index (χ0v) is 13.6. The van der Waals surface area contributed by atoms with Crippen molar-refractivity contribution >= 4 is 23.5 Å². The maximum absolute atomic E-state index is 12.7. The van der Waals surface area contributed by atoms with Crippen LogP contribution in [0.25, 0.3) is 0 Å². The predicted octanol–water partition coefficient (Wildman–Crippen LogP) is 2.46. The summed E-state index contributed by atoms with van der Waals surface area (Å²) in [5, 5.41) is 9.60. The number of benzene rings is 1. The number of hydrogen-bond acceptors (Lipinski definition) is 4. The summed E-state index contributed by atoms with van der Waals surface area (Å²) in [5.74, 6) is -1.92. The van der Waals surface area contributed by atoms with Crippen LogP contribution in [-0.4, -0.2) is 44.9 Å². The third kappa shape index (κ3) is 3.38. The van der Waals surface area contributed by atoms with Gasteiger partial charge in [0.25, 0.3) is 5.91 Å². The number of aromatic nitrogens is 2. The smallest absolute Gasteiger partial charge is 0.308 e. The topological polar surface area (TPSA) is 83.4 Å². The molecular formula is C17H16ClN3O3. The number of piperidine rings is 1. The van der Waals surface area contributed by atoms with Crippen molar-refractivity contribution in [2.24, 2.45) is 5.92 Å². The SMILES string of the molecule is O=C(O)[C@@H]1C[C@H](c2ccccc2)CN(C(=O)c2ncncc2Cl)C1. The molecule has 0 aliphatic carbocycles. The van der Waals surface area contributed by atoms with E-state index in [9.17, 15) is 14.7 Å². The number of nitrogens with zero attached hydrogens (tertiary/aromatic N) is 3. The fourth-order valence-electron chi connectivity index (χ4n) is 3.03. The molecule has 1 saturated heterocycles. The van der Waals surface area contributed by atoms with Crippen LogP contribution in [0.5, 0.6) is 0 Å². The summed E-state index contributed by atoms with van der Waals surface area (Å²) >= 11 is 6.00. The van der Waals surface area contributed by atoms with Gasteiger partial charge in [0, 0.05) is 25.2 Å². The van der Waals surface area contributed by atoms with Crippen LogP contribution in [0.2, 0.25) is 5.02 Å². The van der Waals surface area contributed by atoms with Crippen LogP contribution in [0.3, 0.4) is 0 Å². The summed E-state index contributed by atoms with van der Waals surface area (Å²) in [6, 6.07) is 9.63. The quantitative estimate of drug-likeness (QED) is 0.923. The molecule has 0 saturated carbocycles. The van der Waals surface area contributed by atoms with Crippen LogP contribution in [0.4, 0.5) is 0 Å². The highest BCUT2D eigenvalue weighted by Gasteiger charge is 2.35. The molecule has 1 fully saturated rings. The lowest BCUT2D eigenvalue weighted by Crippen LogP contribution is -2.45. The van der Waals surface area contributed by atoms with Gasteiger partial charge < -0.3 is 10.0 Å². The number of rotatable bonds is 3. The molecule has 1 aliphatic rings. The lowest BCUT2D eigenvalue weighted by molar-refractivity contribution is -0.143. The molecule has 7 heteroatoms. The van der Waals surface area contributed by atoms with Gasteiger partial charge in [0.1, 0.15) is 12.0 Å². The number of carboxylic acid groups (broad SMARTS) is 1. The molecule has 0 spiro atoms. The molecule has 0 bridgehead atoms. The number of amides is 1. The van der Waals surface area contributed by atoms with Crippen molar-refractivity contribution in [2.45, 2.75) is 12.3 Å². The van der Waals surface area contributed by atoms with Crippen LogP contribution in [-0.2, 0) is 4.79 Å². The highest BCUT2D eigenvalue weighted by molar-refractivity contribution is 6.33. The molecule has 2 atom stereocenters. The van der Waals surface area contributed by atoms with Crippen molar-refractivity contribution < 1.29 is 14.7 Å². The second kappa shape index (κ2) is 6.97. The Morgan fingerprint density at radius 1 is 1.21 bits per heavy atom. The first-order valence-corrected chi connectivity index (χ1v) is 7.96. The van der Waals surface area contributed by atoms with E-state index in [1.165, 1.54) is 17.4 Å². The van der Waals surface area contributed by atoms with Gasteiger partial charge >= 0.3 is 5.97 Å². The minimum Gasteiger partial charge on any atom is -0.481 e. The third-order valence-corrected chi connectivity index (χ3v) is 4.50. The van der Waals surface area contributed by atoms with Gasteiger partial charge in [-0.05, 0) is 12.0 Å². The van der Waals surface area contributed by atoms with Gasteiger partial charge in [-0.3, -0.25) is 9.59 Å². The number of carboxylic acids is 1. The van der Waals surface area contributed by atoms with E-state index in [4.69, 9.17) is 11.6 Å². The van der Waals surface area contributed by atoms with Gasteiger partial charge in [-0.1, -0.05) is 41.9 Å². The molecule has 3 rings (SSSR count). The van der Waals surface area contributed by atoms with Crippen molar-refractivity contribution in [1.29, 1.82) is 0 Å². The summed E-state index contributed by atoms with van der Waals surface area (Å²) < 4.78 is 0. The average molecular weight is 346 g/mol. The lowest BCUT2D eigenvalue weighted by Gasteiger charge is -2.36. The molecule has 6 nitrogen and oxygen atoms in total. The Morgan fingerprint density at radius 2 is 1.96 bits per heavy atom. The normalized spacial score (nSPS) is 20.6. The molecule has 1 aromatic heterocycles. The first-order chi connectivity index (χ1) is 11.6.